The molecule has 34 heavy (non-hydrogen) atoms. The number of hydrogen-bond acceptors (Lipinski definition) is 4. The molecule has 0 spiro atoms. The van der Waals surface area contributed by atoms with Gasteiger partial charge in [-0.3, -0.25) is 9.59 Å². The van der Waals surface area contributed by atoms with Crippen LogP contribution in [0.2, 0.25) is 0 Å². The quantitative estimate of drug-likeness (QED) is 0.407. The first-order valence-corrected chi connectivity index (χ1v) is 12.7. The topological polar surface area (TPSA) is 98.7 Å². The Bertz CT molecular complexity index is 745. The number of amides is 2. The fourth-order valence-corrected chi connectivity index (χ4v) is 5.23. The molecular formula is C27H49N3O4. The maximum Gasteiger partial charge on any atom is 0.331 e. The van der Waals surface area contributed by atoms with E-state index in [2.05, 4.69) is 24.5 Å². The molecule has 0 aliphatic heterocycles. The molecule has 1 fully saturated rings. The summed E-state index contributed by atoms with van der Waals surface area (Å²) in [4.78, 5) is 40.2. The van der Waals surface area contributed by atoms with Gasteiger partial charge in [0.2, 0.25) is 11.8 Å². The van der Waals surface area contributed by atoms with Crippen LogP contribution in [0.4, 0.5) is 0 Å². The van der Waals surface area contributed by atoms with Gasteiger partial charge in [0.1, 0.15) is 6.04 Å². The van der Waals surface area contributed by atoms with E-state index in [9.17, 15) is 19.5 Å². The van der Waals surface area contributed by atoms with Crippen LogP contribution in [-0.2, 0) is 14.4 Å². The Morgan fingerprint density at radius 1 is 1.00 bits per heavy atom. The molecule has 0 aromatic rings. The summed E-state index contributed by atoms with van der Waals surface area (Å²) in [6.45, 7) is 15.6. The predicted octanol–water partition coefficient (Wildman–Crippen LogP) is 4.23. The molecule has 0 radical (unpaired) electrons. The van der Waals surface area contributed by atoms with E-state index in [0.29, 0.717) is 5.92 Å². The summed E-state index contributed by atoms with van der Waals surface area (Å²) in [5.74, 6) is -0.938. The summed E-state index contributed by atoms with van der Waals surface area (Å²) in [6.07, 6.45) is 7.50. The molecule has 3 N–H and O–H groups in total. The van der Waals surface area contributed by atoms with Crippen molar-refractivity contribution in [3.63, 3.8) is 0 Å². The summed E-state index contributed by atoms with van der Waals surface area (Å²) in [6, 6.07) is -1.57. The number of rotatable bonds is 10. The molecule has 7 heteroatoms. The van der Waals surface area contributed by atoms with Crippen molar-refractivity contribution >= 4 is 17.8 Å². The smallest absolute Gasteiger partial charge is 0.331 e. The molecule has 1 saturated carbocycles. The van der Waals surface area contributed by atoms with Crippen molar-refractivity contribution in [1.82, 2.24) is 15.5 Å². The van der Waals surface area contributed by atoms with Gasteiger partial charge >= 0.3 is 5.97 Å². The van der Waals surface area contributed by atoms with Crippen LogP contribution in [-0.4, -0.2) is 60.0 Å². The van der Waals surface area contributed by atoms with Crippen molar-refractivity contribution in [2.45, 2.75) is 106 Å². The highest BCUT2D eigenvalue weighted by molar-refractivity contribution is 5.91. The van der Waals surface area contributed by atoms with Gasteiger partial charge in [0.25, 0.3) is 0 Å². The van der Waals surface area contributed by atoms with Crippen molar-refractivity contribution < 1.29 is 19.5 Å². The monoisotopic (exact) mass is 479 g/mol. The highest BCUT2D eigenvalue weighted by atomic mass is 16.4. The van der Waals surface area contributed by atoms with E-state index in [0.717, 1.165) is 12.8 Å². The number of carbonyl (C=O) groups excluding carboxylic acids is 2. The minimum Gasteiger partial charge on any atom is -0.478 e. The van der Waals surface area contributed by atoms with Crippen LogP contribution in [0.5, 0.6) is 0 Å². The maximum atomic E-state index is 13.7. The van der Waals surface area contributed by atoms with Crippen LogP contribution < -0.4 is 10.6 Å². The number of carboxylic acids is 1. The van der Waals surface area contributed by atoms with Crippen molar-refractivity contribution in [3.8, 4) is 0 Å². The van der Waals surface area contributed by atoms with Crippen LogP contribution >= 0.6 is 0 Å². The van der Waals surface area contributed by atoms with Crippen LogP contribution in [0, 0.1) is 22.7 Å². The molecule has 0 aromatic carbocycles. The number of carbonyl (C=O) groups is 3. The lowest BCUT2D eigenvalue weighted by atomic mass is 9.66. The van der Waals surface area contributed by atoms with E-state index in [-0.39, 0.29) is 28.7 Å². The zero-order valence-corrected chi connectivity index (χ0v) is 23.1. The molecule has 1 aliphatic carbocycles. The molecule has 0 saturated heterocycles. The van der Waals surface area contributed by atoms with Crippen LogP contribution in [0.15, 0.2) is 11.6 Å². The Balaban J connectivity index is 3.21. The number of likely N-dealkylation sites (N-methyl/N-ethyl adjacent to an activating group) is 2. The highest BCUT2D eigenvalue weighted by Crippen LogP contribution is 2.41. The Kier molecular flexibility index (Phi) is 10.8. The number of nitrogens with zero attached hydrogens (tertiary/aromatic N) is 1. The molecule has 0 aromatic heterocycles. The van der Waals surface area contributed by atoms with Gasteiger partial charge in [0, 0.05) is 12.6 Å². The molecule has 0 heterocycles. The lowest BCUT2D eigenvalue weighted by molar-refractivity contribution is -0.141. The molecule has 1 unspecified atom stereocenters. The van der Waals surface area contributed by atoms with Crippen LogP contribution in [0.3, 0.4) is 0 Å². The number of nitrogens with one attached hydrogen (secondary N) is 2. The van der Waals surface area contributed by atoms with E-state index in [1.165, 1.54) is 26.2 Å². The zero-order chi connectivity index (χ0) is 26.4. The Morgan fingerprint density at radius 2 is 1.53 bits per heavy atom. The second kappa shape index (κ2) is 12.2. The first kappa shape index (κ1) is 30.1. The van der Waals surface area contributed by atoms with Crippen molar-refractivity contribution in [3.05, 3.63) is 11.6 Å². The van der Waals surface area contributed by atoms with Gasteiger partial charge in [-0.25, -0.2) is 4.79 Å². The minimum atomic E-state index is -1.01. The average molecular weight is 480 g/mol. The average Bonchev–Trinajstić information content (AvgIpc) is 2.74. The summed E-state index contributed by atoms with van der Waals surface area (Å²) in [7, 11) is 3.49. The first-order valence-electron chi connectivity index (χ1n) is 12.7. The van der Waals surface area contributed by atoms with E-state index >= 15 is 0 Å². The lowest BCUT2D eigenvalue weighted by Gasteiger charge is -2.43. The predicted molar refractivity (Wildman–Crippen MR) is 137 cm³/mol. The Morgan fingerprint density at radius 3 is 1.94 bits per heavy atom. The number of aliphatic carboxylic acids is 1. The van der Waals surface area contributed by atoms with Crippen LogP contribution in [0.1, 0.15) is 87.5 Å². The standard InChI is InChI=1S/C27H49N3O4/c1-17(2)20(16-18(3)25(33)34)30(10)24(32)22(26(4,5)6)29-23(31)21(28-9)27(7,8)19-14-12-11-13-15-19/h16-17,19-22,28H,11-15H2,1-10H3,(H,29,31)(H,33,34)/b18-16+/t20-,21-,22?/m1/s1. The van der Waals surface area contributed by atoms with Gasteiger partial charge in [0.05, 0.1) is 12.1 Å². The Hall–Kier alpha value is -1.89. The zero-order valence-electron chi connectivity index (χ0n) is 23.1. The number of hydrogen-bond donors (Lipinski definition) is 3. The van der Waals surface area contributed by atoms with Gasteiger partial charge in [-0.15, -0.1) is 0 Å². The molecule has 1 rings (SSSR count). The summed E-state index contributed by atoms with van der Waals surface area (Å²) < 4.78 is 0. The molecule has 7 nitrogen and oxygen atoms in total. The van der Waals surface area contributed by atoms with Gasteiger partial charge in [-0.05, 0) is 49.5 Å². The molecule has 1 aliphatic rings. The Labute approximate surface area is 207 Å². The normalized spacial score (nSPS) is 18.9. The van der Waals surface area contributed by atoms with E-state index in [1.54, 1.807) is 18.0 Å². The molecule has 196 valence electrons. The fourth-order valence-electron chi connectivity index (χ4n) is 5.23. The molecule has 3 atom stereocenters. The third-order valence-electron chi connectivity index (χ3n) is 7.59. The number of carboxylic acid groups (broad SMARTS) is 1. The van der Waals surface area contributed by atoms with Crippen molar-refractivity contribution in [1.29, 1.82) is 0 Å². The maximum absolute atomic E-state index is 13.7. The van der Waals surface area contributed by atoms with Crippen molar-refractivity contribution in [2.75, 3.05) is 14.1 Å². The SMILES string of the molecule is CN[C@H](C(=O)NC(C(=O)N(C)[C@H](/C=C(\C)C(=O)O)C(C)C)C(C)(C)C)C(C)(C)C1CCCCC1. The third kappa shape index (κ3) is 7.56. The van der Waals surface area contributed by atoms with Gasteiger partial charge in [0.15, 0.2) is 0 Å². The third-order valence-corrected chi connectivity index (χ3v) is 7.59. The summed E-state index contributed by atoms with van der Waals surface area (Å²) in [5.41, 5.74) is -0.584. The van der Waals surface area contributed by atoms with Crippen molar-refractivity contribution in [2.24, 2.45) is 22.7 Å². The first-order chi connectivity index (χ1) is 15.5. The van der Waals surface area contributed by atoms with Gasteiger partial charge in [-0.2, -0.15) is 0 Å². The summed E-state index contributed by atoms with van der Waals surface area (Å²) >= 11 is 0. The molecule has 2 amide bonds. The lowest BCUT2D eigenvalue weighted by Crippen LogP contribution is -2.61. The second-order valence-corrected chi connectivity index (χ2v) is 12.0. The molecular weight excluding hydrogens is 430 g/mol. The fraction of sp³-hybridized carbons (Fsp3) is 0.815. The minimum absolute atomic E-state index is 0.00913. The molecule has 0 bridgehead atoms. The largest absolute Gasteiger partial charge is 0.478 e. The van der Waals surface area contributed by atoms with E-state index in [1.807, 2.05) is 41.7 Å². The van der Waals surface area contributed by atoms with Crippen LogP contribution in [0.25, 0.3) is 0 Å². The second-order valence-electron chi connectivity index (χ2n) is 12.0. The van der Waals surface area contributed by atoms with Gasteiger partial charge in [-0.1, -0.05) is 73.8 Å². The van der Waals surface area contributed by atoms with E-state index < -0.39 is 29.5 Å². The van der Waals surface area contributed by atoms with Gasteiger partial charge < -0.3 is 20.6 Å². The highest BCUT2D eigenvalue weighted by Gasteiger charge is 2.44. The van der Waals surface area contributed by atoms with E-state index in [4.69, 9.17) is 0 Å². The summed E-state index contributed by atoms with van der Waals surface area (Å²) in [5, 5.41) is 15.6.